The molecule has 2 aromatic rings. The first-order valence-electron chi connectivity index (χ1n) is 9.56. The molecule has 0 amide bonds. The highest BCUT2D eigenvalue weighted by atomic mass is 32.2. The molecule has 2 heterocycles. The van der Waals surface area contributed by atoms with Gasteiger partial charge < -0.3 is 4.90 Å². The summed E-state index contributed by atoms with van der Waals surface area (Å²) in [4.78, 5) is 6.90. The number of nitrogens with zero attached hydrogens (tertiary/aromatic N) is 3. The number of benzene rings is 1. The average molecular weight is 388 g/mol. The van der Waals surface area contributed by atoms with Gasteiger partial charge in [0.15, 0.2) is 0 Å². The summed E-state index contributed by atoms with van der Waals surface area (Å²) in [5, 5.41) is 0. The molecule has 1 saturated heterocycles. The number of pyridine rings is 1. The molecule has 0 radical (unpaired) electrons. The molecule has 0 saturated carbocycles. The van der Waals surface area contributed by atoms with Gasteiger partial charge in [0.1, 0.15) is 0 Å². The average Bonchev–Trinajstić information content (AvgIpc) is 2.63. The molecular weight excluding hydrogens is 358 g/mol. The third-order valence-electron chi connectivity index (χ3n) is 5.10. The smallest absolute Gasteiger partial charge is 0.265 e. The quantitative estimate of drug-likeness (QED) is 0.755. The van der Waals surface area contributed by atoms with Gasteiger partial charge in [-0.2, -0.15) is 0 Å². The zero-order valence-electron chi connectivity index (χ0n) is 16.4. The van der Waals surface area contributed by atoms with Crippen LogP contribution in [0.3, 0.4) is 0 Å². The third kappa shape index (κ3) is 4.33. The van der Waals surface area contributed by atoms with Gasteiger partial charge in [0.2, 0.25) is 0 Å². The van der Waals surface area contributed by atoms with Crippen molar-refractivity contribution in [3.05, 3.63) is 54.4 Å². The molecule has 0 atom stereocenters. The van der Waals surface area contributed by atoms with Crippen LogP contribution in [0.25, 0.3) is 0 Å². The maximum atomic E-state index is 13.7. The van der Waals surface area contributed by atoms with Gasteiger partial charge in [0, 0.05) is 12.7 Å². The van der Waals surface area contributed by atoms with E-state index in [1.54, 1.807) is 34.9 Å². The van der Waals surface area contributed by atoms with Crippen LogP contribution < -0.4 is 4.31 Å². The summed E-state index contributed by atoms with van der Waals surface area (Å²) < 4.78 is 29.0. The fourth-order valence-corrected chi connectivity index (χ4v) is 5.98. The van der Waals surface area contributed by atoms with E-state index in [0.29, 0.717) is 17.1 Å². The van der Waals surface area contributed by atoms with Crippen molar-refractivity contribution in [3.63, 3.8) is 0 Å². The number of hydrogen-bond donors (Lipinski definition) is 0. The molecule has 1 fully saturated rings. The molecule has 1 aromatic carbocycles. The van der Waals surface area contributed by atoms with E-state index in [-0.39, 0.29) is 0 Å². The van der Waals surface area contributed by atoms with Gasteiger partial charge in [-0.3, -0.25) is 9.29 Å². The predicted octanol–water partition coefficient (Wildman–Crippen LogP) is 3.85. The van der Waals surface area contributed by atoms with Gasteiger partial charge in [-0.05, 0) is 70.5 Å². The van der Waals surface area contributed by atoms with E-state index < -0.39 is 15.6 Å². The van der Waals surface area contributed by atoms with Gasteiger partial charge in [0.05, 0.1) is 22.3 Å². The number of rotatable bonds is 6. The van der Waals surface area contributed by atoms with Crippen LogP contribution >= 0.6 is 0 Å². The molecule has 1 aromatic heterocycles. The first kappa shape index (κ1) is 19.8. The van der Waals surface area contributed by atoms with Crippen molar-refractivity contribution in [2.24, 2.45) is 0 Å². The minimum Gasteiger partial charge on any atom is -0.301 e. The molecule has 0 spiro atoms. The summed E-state index contributed by atoms with van der Waals surface area (Å²) >= 11 is 0. The Labute approximate surface area is 163 Å². The van der Waals surface area contributed by atoms with Crippen LogP contribution in [-0.2, 0) is 10.0 Å². The van der Waals surface area contributed by atoms with Crippen LogP contribution in [0, 0.1) is 6.92 Å². The molecule has 0 bridgehead atoms. The van der Waals surface area contributed by atoms with Crippen LogP contribution in [0.1, 0.15) is 38.7 Å². The Kier molecular flexibility index (Phi) is 5.86. The maximum Gasteiger partial charge on any atom is 0.265 e. The molecular formula is C21H29N3O2S. The Bertz CT molecular complexity index is 860. The minimum absolute atomic E-state index is 0.348. The third-order valence-corrected chi connectivity index (χ3v) is 7.30. The van der Waals surface area contributed by atoms with Crippen LogP contribution in [0.5, 0.6) is 0 Å². The number of likely N-dealkylation sites (tertiary alicyclic amines) is 1. The van der Waals surface area contributed by atoms with Crippen molar-refractivity contribution in [3.8, 4) is 0 Å². The summed E-state index contributed by atoms with van der Waals surface area (Å²) in [6.45, 7) is 8.58. The van der Waals surface area contributed by atoms with E-state index in [0.717, 1.165) is 18.7 Å². The van der Waals surface area contributed by atoms with E-state index in [2.05, 4.69) is 9.88 Å². The van der Waals surface area contributed by atoms with Crippen LogP contribution in [-0.4, -0.2) is 43.5 Å². The number of anilines is 1. The summed E-state index contributed by atoms with van der Waals surface area (Å²) in [6, 6.07) is 10.8. The largest absolute Gasteiger partial charge is 0.301 e. The van der Waals surface area contributed by atoms with E-state index in [1.807, 2.05) is 39.0 Å². The molecule has 1 aliphatic rings. The highest BCUT2D eigenvalue weighted by molar-refractivity contribution is 7.93. The summed E-state index contributed by atoms with van der Waals surface area (Å²) in [5.74, 6) is 0. The van der Waals surface area contributed by atoms with Crippen molar-refractivity contribution in [1.29, 1.82) is 0 Å². The first-order valence-corrected chi connectivity index (χ1v) is 11.0. The molecule has 0 aliphatic carbocycles. The Morgan fingerprint density at radius 2 is 1.78 bits per heavy atom. The number of aromatic nitrogens is 1. The molecule has 0 unspecified atom stereocenters. The van der Waals surface area contributed by atoms with E-state index in [1.165, 1.54) is 19.3 Å². The van der Waals surface area contributed by atoms with Crippen LogP contribution in [0.4, 0.5) is 5.69 Å². The molecule has 0 N–H and O–H groups in total. The summed E-state index contributed by atoms with van der Waals surface area (Å²) in [7, 11) is -3.73. The molecule has 27 heavy (non-hydrogen) atoms. The topological polar surface area (TPSA) is 53.5 Å². The number of piperidine rings is 1. The van der Waals surface area contributed by atoms with E-state index in [4.69, 9.17) is 0 Å². The van der Waals surface area contributed by atoms with Gasteiger partial charge in [-0.25, -0.2) is 8.42 Å². The van der Waals surface area contributed by atoms with E-state index in [9.17, 15) is 8.42 Å². The molecule has 1 aliphatic heterocycles. The first-order chi connectivity index (χ1) is 12.8. The maximum absolute atomic E-state index is 13.7. The predicted molar refractivity (Wildman–Crippen MR) is 109 cm³/mol. The Morgan fingerprint density at radius 3 is 2.41 bits per heavy atom. The Hall–Kier alpha value is -1.92. The lowest BCUT2D eigenvalue weighted by molar-refractivity contribution is 0.193. The van der Waals surface area contributed by atoms with Crippen LogP contribution in [0.15, 0.2) is 53.7 Å². The molecule has 146 valence electrons. The highest BCUT2D eigenvalue weighted by Crippen LogP contribution is 2.33. The summed E-state index contributed by atoms with van der Waals surface area (Å²) in [6.07, 6.45) is 6.90. The second-order valence-electron chi connectivity index (χ2n) is 7.90. The number of sulfonamides is 1. The normalized spacial score (nSPS) is 16.3. The second-order valence-corrected chi connectivity index (χ2v) is 9.65. The standard InChI is InChI=1S/C21H29N3O2S/c1-18-10-5-6-12-20(18)27(25,26)24(19-11-9-13-22-16-19)21(2,3)17-23-14-7-4-8-15-23/h5-6,9-13,16H,4,7-8,14-15,17H2,1-3H3. The fourth-order valence-electron chi connectivity index (χ4n) is 3.96. The van der Waals surface area contributed by atoms with Crippen molar-refractivity contribution >= 4 is 15.7 Å². The van der Waals surface area contributed by atoms with Crippen molar-refractivity contribution < 1.29 is 8.42 Å². The minimum atomic E-state index is -3.73. The van der Waals surface area contributed by atoms with Crippen molar-refractivity contribution in [2.75, 3.05) is 23.9 Å². The highest BCUT2D eigenvalue weighted by Gasteiger charge is 2.39. The lowest BCUT2D eigenvalue weighted by Crippen LogP contribution is -2.55. The number of hydrogen-bond acceptors (Lipinski definition) is 4. The van der Waals surface area contributed by atoms with Gasteiger partial charge in [-0.1, -0.05) is 24.6 Å². The number of aryl methyl sites for hydroxylation is 1. The van der Waals surface area contributed by atoms with Gasteiger partial charge in [-0.15, -0.1) is 0 Å². The zero-order valence-corrected chi connectivity index (χ0v) is 17.2. The van der Waals surface area contributed by atoms with Gasteiger partial charge in [0.25, 0.3) is 10.0 Å². The zero-order chi connectivity index (χ0) is 19.5. The molecule has 5 nitrogen and oxygen atoms in total. The van der Waals surface area contributed by atoms with Crippen molar-refractivity contribution in [2.45, 2.75) is 50.5 Å². The lowest BCUT2D eigenvalue weighted by atomic mass is 10.0. The Balaban J connectivity index is 2.05. The van der Waals surface area contributed by atoms with Crippen LogP contribution in [0.2, 0.25) is 0 Å². The lowest BCUT2D eigenvalue weighted by Gasteiger charge is -2.43. The monoisotopic (exact) mass is 387 g/mol. The fraction of sp³-hybridized carbons (Fsp3) is 0.476. The molecule has 6 heteroatoms. The SMILES string of the molecule is Cc1ccccc1S(=O)(=O)N(c1cccnc1)C(C)(C)CN1CCCCC1. The molecule has 3 rings (SSSR count). The second kappa shape index (κ2) is 7.98. The Morgan fingerprint density at radius 1 is 1.07 bits per heavy atom. The summed E-state index contributed by atoms with van der Waals surface area (Å²) in [5.41, 5.74) is 0.740. The van der Waals surface area contributed by atoms with Crippen molar-refractivity contribution in [1.82, 2.24) is 9.88 Å². The van der Waals surface area contributed by atoms with E-state index >= 15 is 0 Å². The van der Waals surface area contributed by atoms with Gasteiger partial charge >= 0.3 is 0 Å².